The van der Waals surface area contributed by atoms with E-state index in [1.54, 1.807) is 18.2 Å². The van der Waals surface area contributed by atoms with Crippen molar-refractivity contribution in [3.63, 3.8) is 0 Å². The highest BCUT2D eigenvalue weighted by molar-refractivity contribution is 7.90. The first-order valence-corrected chi connectivity index (χ1v) is 8.95. The van der Waals surface area contributed by atoms with Gasteiger partial charge in [0, 0.05) is 6.26 Å². The zero-order chi connectivity index (χ0) is 17.0. The van der Waals surface area contributed by atoms with Gasteiger partial charge in [-0.2, -0.15) is 0 Å². The number of anilines is 1. The number of rotatable bonds is 5. The second kappa shape index (κ2) is 6.83. The number of aryl methyl sites for hydroxylation is 2. The Morgan fingerprint density at radius 2 is 1.83 bits per heavy atom. The minimum absolute atomic E-state index is 0.0834. The summed E-state index contributed by atoms with van der Waals surface area (Å²) in [5.74, 6) is 0.221. The van der Waals surface area contributed by atoms with Crippen LogP contribution in [-0.2, 0) is 14.6 Å². The van der Waals surface area contributed by atoms with Crippen molar-refractivity contribution in [3.05, 3.63) is 53.6 Å². The van der Waals surface area contributed by atoms with Gasteiger partial charge in [-0.25, -0.2) is 8.42 Å². The molecule has 2 aromatic carbocycles. The number of nitrogens with one attached hydrogen (secondary N) is 1. The van der Waals surface area contributed by atoms with Crippen LogP contribution in [0.25, 0.3) is 0 Å². The summed E-state index contributed by atoms with van der Waals surface area (Å²) in [4.78, 5) is 12.1. The number of para-hydroxylation sites is 1. The highest BCUT2D eigenvalue weighted by atomic mass is 32.2. The summed E-state index contributed by atoms with van der Waals surface area (Å²) in [5, 5.41) is 2.58. The number of hydrogen-bond donors (Lipinski definition) is 1. The quantitative estimate of drug-likeness (QED) is 0.913. The van der Waals surface area contributed by atoms with E-state index in [-0.39, 0.29) is 17.2 Å². The lowest BCUT2D eigenvalue weighted by Crippen LogP contribution is -2.21. The van der Waals surface area contributed by atoms with E-state index >= 15 is 0 Å². The second-order valence-corrected chi connectivity index (χ2v) is 7.36. The summed E-state index contributed by atoms with van der Waals surface area (Å²) in [6.45, 7) is 3.64. The van der Waals surface area contributed by atoms with Gasteiger partial charge in [0.2, 0.25) is 0 Å². The minimum Gasteiger partial charge on any atom is -0.483 e. The van der Waals surface area contributed by atoms with Crippen molar-refractivity contribution in [2.45, 2.75) is 18.7 Å². The maximum Gasteiger partial charge on any atom is 0.262 e. The van der Waals surface area contributed by atoms with E-state index in [1.807, 2.05) is 32.0 Å². The molecule has 5 nitrogen and oxygen atoms in total. The maximum absolute atomic E-state index is 12.0. The molecule has 0 radical (unpaired) electrons. The number of sulfone groups is 1. The SMILES string of the molecule is Cc1ccc(C)c(OCC(=O)Nc2ccccc2S(C)(=O)=O)c1. The van der Waals surface area contributed by atoms with Gasteiger partial charge in [0.25, 0.3) is 5.91 Å². The first-order valence-electron chi connectivity index (χ1n) is 7.06. The number of carbonyl (C=O) groups is 1. The Kier molecular flexibility index (Phi) is 5.05. The molecule has 0 aliphatic heterocycles. The molecule has 0 atom stereocenters. The van der Waals surface area contributed by atoms with Crippen LogP contribution in [-0.4, -0.2) is 27.2 Å². The molecule has 2 aromatic rings. The van der Waals surface area contributed by atoms with Crippen LogP contribution in [0.2, 0.25) is 0 Å². The van der Waals surface area contributed by atoms with Crippen molar-refractivity contribution in [1.82, 2.24) is 0 Å². The van der Waals surface area contributed by atoms with Crippen molar-refractivity contribution < 1.29 is 17.9 Å². The van der Waals surface area contributed by atoms with Crippen LogP contribution in [0.4, 0.5) is 5.69 Å². The lowest BCUT2D eigenvalue weighted by molar-refractivity contribution is -0.118. The Morgan fingerprint density at radius 3 is 2.52 bits per heavy atom. The van der Waals surface area contributed by atoms with Crippen molar-refractivity contribution in [1.29, 1.82) is 0 Å². The Morgan fingerprint density at radius 1 is 1.13 bits per heavy atom. The van der Waals surface area contributed by atoms with Crippen LogP contribution in [0.3, 0.4) is 0 Å². The number of amides is 1. The predicted molar refractivity (Wildman–Crippen MR) is 89.6 cm³/mol. The summed E-state index contributed by atoms with van der Waals surface area (Å²) < 4.78 is 28.9. The molecular weight excluding hydrogens is 314 g/mol. The van der Waals surface area contributed by atoms with Crippen molar-refractivity contribution in [2.24, 2.45) is 0 Å². The zero-order valence-corrected chi connectivity index (χ0v) is 14.1. The fourth-order valence-electron chi connectivity index (χ4n) is 2.09. The Hall–Kier alpha value is -2.34. The highest BCUT2D eigenvalue weighted by Gasteiger charge is 2.14. The fourth-order valence-corrected chi connectivity index (χ4v) is 2.93. The van der Waals surface area contributed by atoms with Crippen LogP contribution in [0.5, 0.6) is 5.75 Å². The van der Waals surface area contributed by atoms with Gasteiger partial charge in [-0.1, -0.05) is 24.3 Å². The topological polar surface area (TPSA) is 72.5 Å². The monoisotopic (exact) mass is 333 g/mol. The van der Waals surface area contributed by atoms with E-state index in [2.05, 4.69) is 5.32 Å². The van der Waals surface area contributed by atoms with Crippen LogP contribution in [0, 0.1) is 13.8 Å². The molecule has 0 bridgehead atoms. The average molecular weight is 333 g/mol. The molecular formula is C17H19NO4S. The van der Waals surface area contributed by atoms with E-state index in [0.717, 1.165) is 17.4 Å². The highest BCUT2D eigenvalue weighted by Crippen LogP contribution is 2.21. The molecule has 23 heavy (non-hydrogen) atoms. The van der Waals surface area contributed by atoms with Crippen molar-refractivity contribution >= 4 is 21.4 Å². The van der Waals surface area contributed by atoms with Gasteiger partial charge in [-0.05, 0) is 43.2 Å². The van der Waals surface area contributed by atoms with Crippen LogP contribution in [0.1, 0.15) is 11.1 Å². The molecule has 6 heteroatoms. The first kappa shape index (κ1) is 17.0. The van der Waals surface area contributed by atoms with Gasteiger partial charge < -0.3 is 10.1 Å². The molecule has 0 aliphatic rings. The lowest BCUT2D eigenvalue weighted by Gasteiger charge is -2.12. The van der Waals surface area contributed by atoms with Crippen LogP contribution >= 0.6 is 0 Å². The molecule has 0 aromatic heterocycles. The fraction of sp³-hybridized carbons (Fsp3) is 0.235. The predicted octanol–water partition coefficient (Wildman–Crippen LogP) is 2.72. The Labute approximate surface area is 136 Å². The number of hydrogen-bond acceptors (Lipinski definition) is 4. The van der Waals surface area contributed by atoms with Crippen LogP contribution in [0.15, 0.2) is 47.4 Å². The second-order valence-electron chi connectivity index (χ2n) is 5.37. The number of carbonyl (C=O) groups excluding carboxylic acids is 1. The van der Waals surface area contributed by atoms with Gasteiger partial charge in [-0.15, -0.1) is 0 Å². The standard InChI is InChI=1S/C17H19NO4S/c1-12-8-9-13(2)15(10-12)22-11-17(19)18-14-6-4-5-7-16(14)23(3,20)21/h4-10H,11H2,1-3H3,(H,18,19). The third kappa shape index (κ3) is 4.56. The van der Waals surface area contributed by atoms with Crippen molar-refractivity contribution in [2.75, 3.05) is 18.2 Å². The Bertz CT molecular complexity index is 828. The third-order valence-corrected chi connectivity index (χ3v) is 4.42. The molecule has 122 valence electrons. The third-order valence-electron chi connectivity index (χ3n) is 3.26. The maximum atomic E-state index is 12.0. The molecule has 0 heterocycles. The summed E-state index contributed by atoms with van der Waals surface area (Å²) in [6.07, 6.45) is 1.10. The normalized spacial score (nSPS) is 11.1. The summed E-state index contributed by atoms with van der Waals surface area (Å²) >= 11 is 0. The summed E-state index contributed by atoms with van der Waals surface area (Å²) in [6, 6.07) is 12.0. The molecule has 0 fully saturated rings. The molecule has 2 rings (SSSR count). The van der Waals surface area contributed by atoms with E-state index in [9.17, 15) is 13.2 Å². The van der Waals surface area contributed by atoms with Gasteiger partial charge in [0.1, 0.15) is 5.75 Å². The molecule has 1 amide bonds. The van der Waals surface area contributed by atoms with E-state index in [4.69, 9.17) is 4.74 Å². The van der Waals surface area contributed by atoms with E-state index in [1.165, 1.54) is 6.07 Å². The van der Waals surface area contributed by atoms with Gasteiger partial charge >= 0.3 is 0 Å². The van der Waals surface area contributed by atoms with Gasteiger partial charge in [0.05, 0.1) is 10.6 Å². The van der Waals surface area contributed by atoms with Gasteiger partial charge in [0.15, 0.2) is 16.4 Å². The number of benzene rings is 2. The lowest BCUT2D eigenvalue weighted by atomic mass is 10.1. The average Bonchev–Trinajstić information content (AvgIpc) is 2.47. The molecule has 1 N–H and O–H groups in total. The van der Waals surface area contributed by atoms with Crippen molar-refractivity contribution in [3.8, 4) is 5.75 Å². The first-order chi connectivity index (χ1) is 10.8. The molecule has 0 aliphatic carbocycles. The molecule has 0 spiro atoms. The smallest absolute Gasteiger partial charge is 0.262 e. The van der Waals surface area contributed by atoms with E-state index < -0.39 is 15.7 Å². The molecule has 0 unspecified atom stereocenters. The summed E-state index contributed by atoms with van der Waals surface area (Å²) in [7, 11) is -3.41. The Balaban J connectivity index is 2.08. The largest absolute Gasteiger partial charge is 0.483 e. The molecule has 0 saturated heterocycles. The number of ether oxygens (including phenoxy) is 1. The van der Waals surface area contributed by atoms with E-state index in [0.29, 0.717) is 5.75 Å². The zero-order valence-electron chi connectivity index (χ0n) is 13.3. The van der Waals surface area contributed by atoms with Crippen LogP contribution < -0.4 is 10.1 Å². The van der Waals surface area contributed by atoms with Gasteiger partial charge in [-0.3, -0.25) is 4.79 Å². The molecule has 0 saturated carbocycles. The minimum atomic E-state index is -3.41. The summed E-state index contributed by atoms with van der Waals surface area (Å²) in [5.41, 5.74) is 2.22.